The van der Waals surface area contributed by atoms with Gasteiger partial charge in [0, 0.05) is 0 Å². The number of carbonyl (C=O) groups excluding carboxylic acids is 2. The third-order valence-electron chi connectivity index (χ3n) is 3.65. The number of hydroxylamine groups is 2. The minimum atomic E-state index is -0.419. The number of amides is 2. The van der Waals surface area contributed by atoms with Gasteiger partial charge in [-0.2, -0.15) is 0 Å². The summed E-state index contributed by atoms with van der Waals surface area (Å²) < 4.78 is 0. The molecule has 1 saturated heterocycles. The second-order valence-corrected chi connectivity index (χ2v) is 5.06. The van der Waals surface area contributed by atoms with Crippen LogP contribution in [0.3, 0.4) is 0 Å². The highest BCUT2D eigenvalue weighted by molar-refractivity contribution is 6.20. The van der Waals surface area contributed by atoms with Crippen molar-refractivity contribution in [3.63, 3.8) is 0 Å². The van der Waals surface area contributed by atoms with Crippen molar-refractivity contribution >= 4 is 11.8 Å². The van der Waals surface area contributed by atoms with E-state index in [0.29, 0.717) is 17.7 Å². The molecule has 108 valence electrons. The summed E-state index contributed by atoms with van der Waals surface area (Å²) in [5.74, 6) is 5.01. The van der Waals surface area contributed by atoms with Gasteiger partial charge in [0.25, 0.3) is 11.8 Å². The van der Waals surface area contributed by atoms with Crippen molar-refractivity contribution in [1.82, 2.24) is 9.96 Å². The molecular formula is C16H16N2O3. The Kier molecular flexibility index (Phi) is 4.00. The SMILES string of the molecule is O=C1c2ccccc2C(=O)N1OCC#CCN1CCCC1. The van der Waals surface area contributed by atoms with E-state index in [9.17, 15) is 9.59 Å². The van der Waals surface area contributed by atoms with Crippen molar-refractivity contribution in [2.45, 2.75) is 12.8 Å². The highest BCUT2D eigenvalue weighted by Crippen LogP contribution is 2.22. The zero-order valence-corrected chi connectivity index (χ0v) is 11.7. The molecule has 2 aliphatic rings. The van der Waals surface area contributed by atoms with Crippen LogP contribution in [-0.4, -0.2) is 48.0 Å². The highest BCUT2D eigenvalue weighted by atomic mass is 16.7. The fourth-order valence-corrected chi connectivity index (χ4v) is 2.54. The lowest BCUT2D eigenvalue weighted by Crippen LogP contribution is -2.30. The van der Waals surface area contributed by atoms with E-state index in [1.54, 1.807) is 24.3 Å². The van der Waals surface area contributed by atoms with Crippen molar-refractivity contribution in [1.29, 1.82) is 0 Å². The summed E-state index contributed by atoms with van der Waals surface area (Å²) in [4.78, 5) is 31.5. The predicted molar refractivity (Wildman–Crippen MR) is 76.3 cm³/mol. The van der Waals surface area contributed by atoms with Crippen molar-refractivity contribution < 1.29 is 14.4 Å². The molecule has 0 bridgehead atoms. The molecule has 0 aliphatic carbocycles. The largest absolute Gasteiger partial charge is 0.292 e. The van der Waals surface area contributed by atoms with Crippen LogP contribution >= 0.6 is 0 Å². The third kappa shape index (κ3) is 2.82. The quantitative estimate of drug-likeness (QED) is 0.620. The average molecular weight is 284 g/mol. The maximum atomic E-state index is 12.0. The first-order chi connectivity index (χ1) is 10.3. The third-order valence-corrected chi connectivity index (χ3v) is 3.65. The number of rotatable bonds is 3. The van der Waals surface area contributed by atoms with Crippen LogP contribution in [0.1, 0.15) is 33.6 Å². The normalized spacial score (nSPS) is 17.8. The Morgan fingerprint density at radius 3 is 2.24 bits per heavy atom. The topological polar surface area (TPSA) is 49.9 Å². The van der Waals surface area contributed by atoms with Crippen LogP contribution in [0.25, 0.3) is 0 Å². The van der Waals surface area contributed by atoms with Crippen LogP contribution in [0.4, 0.5) is 0 Å². The van der Waals surface area contributed by atoms with Gasteiger partial charge < -0.3 is 0 Å². The lowest BCUT2D eigenvalue weighted by Gasteiger charge is -2.11. The van der Waals surface area contributed by atoms with E-state index in [1.807, 2.05) is 0 Å². The van der Waals surface area contributed by atoms with E-state index >= 15 is 0 Å². The molecule has 0 N–H and O–H groups in total. The fourth-order valence-electron chi connectivity index (χ4n) is 2.54. The van der Waals surface area contributed by atoms with Gasteiger partial charge in [0.15, 0.2) is 0 Å². The van der Waals surface area contributed by atoms with Crippen molar-refractivity contribution in [2.75, 3.05) is 26.2 Å². The molecule has 0 spiro atoms. The molecule has 5 heteroatoms. The number of imide groups is 1. The van der Waals surface area contributed by atoms with Gasteiger partial charge in [-0.05, 0) is 38.1 Å². The van der Waals surface area contributed by atoms with Crippen LogP contribution < -0.4 is 0 Å². The van der Waals surface area contributed by atoms with Crippen molar-refractivity contribution in [3.05, 3.63) is 35.4 Å². The van der Waals surface area contributed by atoms with Gasteiger partial charge in [-0.3, -0.25) is 14.5 Å². The van der Waals surface area contributed by atoms with Crippen molar-refractivity contribution in [3.8, 4) is 11.8 Å². The Bertz CT molecular complexity index is 589. The lowest BCUT2D eigenvalue weighted by molar-refractivity contribution is -0.0782. The molecule has 5 nitrogen and oxygen atoms in total. The number of fused-ring (bicyclic) bond motifs is 1. The Morgan fingerprint density at radius 2 is 1.62 bits per heavy atom. The summed E-state index contributed by atoms with van der Waals surface area (Å²) in [5, 5.41) is 0.801. The van der Waals surface area contributed by atoms with E-state index < -0.39 is 11.8 Å². The van der Waals surface area contributed by atoms with E-state index in [2.05, 4.69) is 16.7 Å². The van der Waals surface area contributed by atoms with Crippen LogP contribution in [0.5, 0.6) is 0 Å². The Morgan fingerprint density at radius 1 is 1.00 bits per heavy atom. The molecule has 0 atom stereocenters. The van der Waals surface area contributed by atoms with Crippen LogP contribution in [-0.2, 0) is 4.84 Å². The molecule has 0 aromatic heterocycles. The Balaban J connectivity index is 1.54. The van der Waals surface area contributed by atoms with Gasteiger partial charge in [-0.15, -0.1) is 5.06 Å². The van der Waals surface area contributed by atoms with Gasteiger partial charge >= 0.3 is 0 Å². The van der Waals surface area contributed by atoms with Gasteiger partial charge in [0.1, 0.15) is 6.61 Å². The van der Waals surface area contributed by atoms with E-state index in [-0.39, 0.29) is 6.61 Å². The number of nitrogens with zero attached hydrogens (tertiary/aromatic N) is 2. The summed E-state index contributed by atoms with van der Waals surface area (Å²) in [6, 6.07) is 6.70. The van der Waals surface area contributed by atoms with E-state index in [4.69, 9.17) is 4.84 Å². The molecule has 2 heterocycles. The molecule has 21 heavy (non-hydrogen) atoms. The Labute approximate surface area is 123 Å². The first-order valence-corrected chi connectivity index (χ1v) is 7.06. The first kappa shape index (κ1) is 13.8. The number of likely N-dealkylation sites (tertiary alicyclic amines) is 1. The van der Waals surface area contributed by atoms with Crippen LogP contribution in [0, 0.1) is 11.8 Å². The summed E-state index contributed by atoms with van der Waals surface area (Å²) >= 11 is 0. The average Bonchev–Trinajstić information content (AvgIpc) is 3.10. The van der Waals surface area contributed by atoms with Gasteiger partial charge in [0.2, 0.25) is 0 Å². The smallest absolute Gasteiger partial charge is 0.285 e. The first-order valence-electron chi connectivity index (χ1n) is 7.06. The maximum absolute atomic E-state index is 12.0. The molecular weight excluding hydrogens is 268 g/mol. The Hall–Kier alpha value is -2.16. The minimum Gasteiger partial charge on any atom is -0.292 e. The summed E-state index contributed by atoms with van der Waals surface area (Å²) in [7, 11) is 0. The van der Waals surface area contributed by atoms with Crippen LogP contribution in [0.15, 0.2) is 24.3 Å². The summed E-state index contributed by atoms with van der Waals surface area (Å²) in [5.41, 5.74) is 0.764. The summed E-state index contributed by atoms with van der Waals surface area (Å²) in [6.07, 6.45) is 2.46. The zero-order chi connectivity index (χ0) is 14.7. The standard InChI is InChI=1S/C16H16N2O3/c19-15-13-7-1-2-8-14(13)16(20)18(15)21-12-6-5-11-17-9-3-4-10-17/h1-2,7-8H,3-4,9-12H2. The number of carbonyl (C=O) groups is 2. The number of hydrogen-bond donors (Lipinski definition) is 0. The molecule has 2 amide bonds. The lowest BCUT2D eigenvalue weighted by atomic mass is 10.1. The van der Waals surface area contributed by atoms with Gasteiger partial charge in [0.05, 0.1) is 17.7 Å². The molecule has 3 rings (SSSR count). The molecule has 0 unspecified atom stereocenters. The summed E-state index contributed by atoms with van der Waals surface area (Å²) in [6.45, 7) is 2.94. The van der Waals surface area contributed by atoms with Crippen LogP contribution in [0.2, 0.25) is 0 Å². The zero-order valence-electron chi connectivity index (χ0n) is 11.7. The predicted octanol–water partition coefficient (Wildman–Crippen LogP) is 1.31. The monoisotopic (exact) mass is 284 g/mol. The molecule has 1 fully saturated rings. The van der Waals surface area contributed by atoms with Gasteiger partial charge in [-0.25, -0.2) is 4.84 Å². The van der Waals surface area contributed by atoms with E-state index in [1.165, 1.54) is 12.8 Å². The second kappa shape index (κ2) is 6.08. The number of benzene rings is 1. The minimum absolute atomic E-state index is 0.0410. The van der Waals surface area contributed by atoms with Gasteiger partial charge in [-0.1, -0.05) is 24.0 Å². The number of hydrogen-bond acceptors (Lipinski definition) is 4. The molecule has 1 aromatic carbocycles. The van der Waals surface area contributed by atoms with Crippen molar-refractivity contribution in [2.24, 2.45) is 0 Å². The van der Waals surface area contributed by atoms with E-state index in [0.717, 1.165) is 18.2 Å². The molecule has 0 saturated carbocycles. The molecule has 1 aromatic rings. The fraction of sp³-hybridized carbons (Fsp3) is 0.375. The molecule has 2 aliphatic heterocycles. The maximum Gasteiger partial charge on any atom is 0.285 e. The highest BCUT2D eigenvalue weighted by Gasteiger charge is 2.36. The molecule has 0 radical (unpaired) electrons. The second-order valence-electron chi connectivity index (χ2n) is 5.06.